The van der Waals surface area contributed by atoms with Crippen LogP contribution in [-0.2, 0) is 28.6 Å². The van der Waals surface area contributed by atoms with Crippen molar-refractivity contribution < 1.29 is 28.6 Å². The third-order valence-corrected chi connectivity index (χ3v) is 12.0. The second kappa shape index (κ2) is 59.1. The zero-order valence-corrected chi connectivity index (χ0v) is 46.4. The van der Waals surface area contributed by atoms with Gasteiger partial charge in [-0.1, -0.05) is 244 Å². The molecule has 0 heterocycles. The minimum absolute atomic E-state index is 0.112. The van der Waals surface area contributed by atoms with Crippen molar-refractivity contribution in [2.24, 2.45) is 0 Å². The van der Waals surface area contributed by atoms with Gasteiger partial charge in [0.05, 0.1) is 0 Å². The van der Waals surface area contributed by atoms with E-state index in [0.29, 0.717) is 12.8 Å². The van der Waals surface area contributed by atoms with Crippen molar-refractivity contribution >= 4 is 17.9 Å². The molecular weight excluding hydrogens is 889 g/mol. The van der Waals surface area contributed by atoms with E-state index in [4.69, 9.17) is 14.2 Å². The molecule has 0 aromatic heterocycles. The van der Waals surface area contributed by atoms with Crippen LogP contribution in [0.1, 0.15) is 245 Å². The predicted molar refractivity (Wildman–Crippen MR) is 311 cm³/mol. The Morgan fingerprint density at radius 3 is 1.03 bits per heavy atom. The van der Waals surface area contributed by atoms with E-state index in [-0.39, 0.29) is 44.0 Å². The molecule has 0 bridgehead atoms. The summed E-state index contributed by atoms with van der Waals surface area (Å²) in [5, 5.41) is 0. The van der Waals surface area contributed by atoms with Crippen LogP contribution < -0.4 is 0 Å². The first kappa shape index (κ1) is 67.5. The summed E-state index contributed by atoms with van der Waals surface area (Å²) in [6, 6.07) is 0. The lowest BCUT2D eigenvalue weighted by Gasteiger charge is -2.18. The molecule has 0 aliphatic rings. The molecule has 0 aromatic carbocycles. The first-order chi connectivity index (χ1) is 35.5. The highest BCUT2D eigenvalue weighted by Gasteiger charge is 2.19. The van der Waals surface area contributed by atoms with E-state index >= 15 is 0 Å². The van der Waals surface area contributed by atoms with E-state index in [1.165, 1.54) is 83.5 Å². The predicted octanol–water partition coefficient (Wildman–Crippen LogP) is 19.8. The Morgan fingerprint density at radius 2 is 0.611 bits per heavy atom. The summed E-state index contributed by atoms with van der Waals surface area (Å²) in [6.45, 7) is 6.39. The van der Waals surface area contributed by atoms with Crippen molar-refractivity contribution in [3.05, 3.63) is 134 Å². The Morgan fingerprint density at radius 1 is 0.306 bits per heavy atom. The molecule has 6 nitrogen and oxygen atoms in total. The van der Waals surface area contributed by atoms with Gasteiger partial charge in [-0.15, -0.1) is 0 Å². The largest absolute Gasteiger partial charge is 0.462 e. The Bertz CT molecular complexity index is 1560. The monoisotopic (exact) mass is 995 g/mol. The van der Waals surface area contributed by atoms with Gasteiger partial charge in [0.25, 0.3) is 0 Å². The molecule has 0 aliphatic heterocycles. The molecule has 0 aliphatic carbocycles. The van der Waals surface area contributed by atoms with Crippen LogP contribution >= 0.6 is 0 Å². The summed E-state index contributed by atoms with van der Waals surface area (Å²) in [5.74, 6) is -1.00. The van der Waals surface area contributed by atoms with Gasteiger partial charge < -0.3 is 14.2 Å². The van der Waals surface area contributed by atoms with Gasteiger partial charge in [-0.25, -0.2) is 0 Å². The van der Waals surface area contributed by atoms with Crippen molar-refractivity contribution in [3.8, 4) is 0 Å². The molecule has 1 atom stereocenters. The van der Waals surface area contributed by atoms with Crippen molar-refractivity contribution in [2.75, 3.05) is 13.2 Å². The van der Waals surface area contributed by atoms with Gasteiger partial charge in [-0.3, -0.25) is 14.4 Å². The van der Waals surface area contributed by atoms with E-state index in [9.17, 15) is 14.4 Å². The number of allylic oxidation sites excluding steroid dienone is 22. The van der Waals surface area contributed by atoms with Crippen LogP contribution in [0.15, 0.2) is 134 Å². The first-order valence-corrected chi connectivity index (χ1v) is 29.2. The van der Waals surface area contributed by atoms with Crippen LogP contribution in [0.2, 0.25) is 0 Å². The zero-order chi connectivity index (χ0) is 52.2. The number of ether oxygens (including phenoxy) is 3. The molecule has 1 unspecified atom stereocenters. The molecule has 72 heavy (non-hydrogen) atoms. The lowest BCUT2D eigenvalue weighted by Crippen LogP contribution is -2.30. The topological polar surface area (TPSA) is 78.9 Å². The highest BCUT2D eigenvalue weighted by Crippen LogP contribution is 2.14. The molecule has 0 amide bonds. The molecule has 0 rings (SSSR count). The summed E-state index contributed by atoms with van der Waals surface area (Å²) in [6.07, 6.45) is 82.9. The number of carbonyl (C=O) groups is 3. The Hall–Kier alpha value is -4.45. The molecule has 0 N–H and O–H groups in total. The highest BCUT2D eigenvalue weighted by atomic mass is 16.6. The van der Waals surface area contributed by atoms with Crippen molar-refractivity contribution in [3.63, 3.8) is 0 Å². The van der Waals surface area contributed by atoms with E-state index in [1.54, 1.807) is 0 Å². The average molecular weight is 996 g/mol. The molecule has 0 spiro atoms. The van der Waals surface area contributed by atoms with E-state index in [0.717, 1.165) is 116 Å². The van der Waals surface area contributed by atoms with Gasteiger partial charge >= 0.3 is 17.9 Å². The number of carbonyl (C=O) groups excluding carboxylic acids is 3. The van der Waals surface area contributed by atoms with Crippen LogP contribution in [0, 0.1) is 0 Å². The van der Waals surface area contributed by atoms with E-state index < -0.39 is 6.10 Å². The van der Waals surface area contributed by atoms with Crippen LogP contribution in [-0.4, -0.2) is 37.2 Å². The SMILES string of the molecule is CC/C=C\C/C=C\C/C=C\CCCCCCCCCCCC(=O)OCC(COC(=O)CCC/C=C\C/C=C\C/C=C\C/C=C\CCCCC)OC(=O)CCCCCCC\C=C/C=C\C=C/C=C\CCCCC. The first-order valence-electron chi connectivity index (χ1n) is 29.2. The minimum Gasteiger partial charge on any atom is -0.462 e. The zero-order valence-electron chi connectivity index (χ0n) is 46.4. The fraction of sp³-hybridized carbons (Fsp3) is 0.621. The number of esters is 3. The molecule has 0 aromatic rings. The van der Waals surface area contributed by atoms with Crippen LogP contribution in [0.5, 0.6) is 0 Å². The third kappa shape index (κ3) is 56.5. The van der Waals surface area contributed by atoms with Gasteiger partial charge in [0, 0.05) is 19.3 Å². The van der Waals surface area contributed by atoms with Gasteiger partial charge in [-0.2, -0.15) is 0 Å². The quantitative estimate of drug-likeness (QED) is 0.0199. The Labute approximate surface area is 443 Å². The highest BCUT2D eigenvalue weighted by molar-refractivity contribution is 5.71. The standard InChI is InChI=1S/C66H106O6/c1-4-7-10-13-16-19-22-25-28-31-33-36-38-41-44-47-50-53-56-59-65(68)71-62-63(61-70-64(67)58-55-52-49-46-43-40-37-34-30-27-24-21-18-15-12-9-6-3)72-66(69)60-57-54-51-48-45-42-39-35-32-29-26-23-20-17-14-11-8-5-2/h7,10,16-21,23,25-30,32,35,37,39-40,46,49,63H,4-6,8-9,11-15,22,24,31,33-34,36,38,41-45,47-48,50-62H2,1-3H3/b10-7-,19-16-,20-17-,21-18-,26-23-,28-25-,30-27-,32-29-,39-35-,40-37-,49-46-. The Balaban J connectivity index is 4.55. The van der Waals surface area contributed by atoms with Gasteiger partial charge in [0.2, 0.25) is 0 Å². The van der Waals surface area contributed by atoms with Crippen molar-refractivity contribution in [2.45, 2.75) is 252 Å². The van der Waals surface area contributed by atoms with Gasteiger partial charge in [-0.05, 0) is 116 Å². The number of hydrogen-bond acceptors (Lipinski definition) is 6. The number of unbranched alkanes of at least 4 members (excludes halogenated alkanes) is 21. The maximum absolute atomic E-state index is 12.9. The lowest BCUT2D eigenvalue weighted by molar-refractivity contribution is -0.167. The number of hydrogen-bond donors (Lipinski definition) is 0. The average Bonchev–Trinajstić information content (AvgIpc) is 3.38. The van der Waals surface area contributed by atoms with E-state index in [2.05, 4.69) is 154 Å². The summed E-state index contributed by atoms with van der Waals surface area (Å²) < 4.78 is 16.8. The molecule has 406 valence electrons. The lowest BCUT2D eigenvalue weighted by atomic mass is 10.1. The van der Waals surface area contributed by atoms with Crippen molar-refractivity contribution in [1.29, 1.82) is 0 Å². The maximum atomic E-state index is 12.9. The second-order valence-corrected chi connectivity index (χ2v) is 18.9. The molecule has 0 saturated heterocycles. The fourth-order valence-corrected chi connectivity index (χ4v) is 7.58. The smallest absolute Gasteiger partial charge is 0.306 e. The second-order valence-electron chi connectivity index (χ2n) is 18.9. The molecule has 0 saturated carbocycles. The molecule has 0 radical (unpaired) electrons. The third-order valence-electron chi connectivity index (χ3n) is 12.0. The van der Waals surface area contributed by atoms with E-state index in [1.807, 2.05) is 0 Å². The van der Waals surface area contributed by atoms with Crippen molar-refractivity contribution in [1.82, 2.24) is 0 Å². The summed E-state index contributed by atoms with van der Waals surface area (Å²) >= 11 is 0. The van der Waals surface area contributed by atoms with Crippen LogP contribution in [0.3, 0.4) is 0 Å². The number of rotatable bonds is 51. The Kier molecular flexibility index (Phi) is 55.5. The summed E-state index contributed by atoms with van der Waals surface area (Å²) in [4.78, 5) is 38.2. The summed E-state index contributed by atoms with van der Waals surface area (Å²) in [5.41, 5.74) is 0. The molecule has 0 fully saturated rings. The normalized spacial score (nSPS) is 13.1. The maximum Gasteiger partial charge on any atom is 0.306 e. The molecular formula is C66H106O6. The van der Waals surface area contributed by atoms with Crippen LogP contribution in [0.4, 0.5) is 0 Å². The van der Waals surface area contributed by atoms with Gasteiger partial charge in [0.1, 0.15) is 13.2 Å². The fourth-order valence-electron chi connectivity index (χ4n) is 7.58. The van der Waals surface area contributed by atoms with Crippen LogP contribution in [0.25, 0.3) is 0 Å². The molecule has 6 heteroatoms. The minimum atomic E-state index is -0.821. The van der Waals surface area contributed by atoms with Gasteiger partial charge in [0.15, 0.2) is 6.10 Å². The summed E-state index contributed by atoms with van der Waals surface area (Å²) in [7, 11) is 0.